The van der Waals surface area contributed by atoms with Crippen LogP contribution in [0.1, 0.15) is 16.7 Å². The summed E-state index contributed by atoms with van der Waals surface area (Å²) < 4.78 is 0. The van der Waals surface area contributed by atoms with E-state index in [1.807, 2.05) is 18.2 Å². The second kappa shape index (κ2) is 8.61. The summed E-state index contributed by atoms with van der Waals surface area (Å²) in [5.41, 5.74) is 10.4. The van der Waals surface area contributed by atoms with Gasteiger partial charge in [0.2, 0.25) is 0 Å². The molecule has 0 heterocycles. The molecule has 3 N–H and O–H groups in total. The van der Waals surface area contributed by atoms with Crippen molar-refractivity contribution in [2.75, 3.05) is 6.54 Å². The molecule has 0 saturated heterocycles. The van der Waals surface area contributed by atoms with Gasteiger partial charge in [-0.05, 0) is 29.5 Å². The molecule has 2 heteroatoms. The van der Waals surface area contributed by atoms with E-state index in [0.717, 1.165) is 25.9 Å². The van der Waals surface area contributed by atoms with Gasteiger partial charge < -0.3 is 11.1 Å². The molecule has 0 aliphatic rings. The standard InChI is InChI=1S/C23H26N2/c24-23(16-20-10-4-1-5-11-20,17-21-12-6-2-7-13-21)19-25-18-22-14-8-3-9-15-22/h1-15,25H,16-19,24H2. The van der Waals surface area contributed by atoms with Crippen LogP contribution < -0.4 is 11.1 Å². The lowest BCUT2D eigenvalue weighted by Crippen LogP contribution is -2.52. The molecule has 25 heavy (non-hydrogen) atoms. The zero-order valence-electron chi connectivity index (χ0n) is 14.6. The summed E-state index contributed by atoms with van der Waals surface area (Å²) in [5.74, 6) is 0. The van der Waals surface area contributed by atoms with Gasteiger partial charge in [-0.3, -0.25) is 0 Å². The van der Waals surface area contributed by atoms with Gasteiger partial charge >= 0.3 is 0 Å². The topological polar surface area (TPSA) is 38.0 Å². The molecule has 0 amide bonds. The van der Waals surface area contributed by atoms with Crippen LogP contribution in [-0.4, -0.2) is 12.1 Å². The fourth-order valence-corrected chi connectivity index (χ4v) is 3.24. The molecule has 3 rings (SSSR count). The second-order valence-electron chi connectivity index (χ2n) is 6.78. The van der Waals surface area contributed by atoms with Crippen molar-refractivity contribution in [1.82, 2.24) is 5.32 Å². The third-order valence-electron chi connectivity index (χ3n) is 4.45. The van der Waals surface area contributed by atoms with Gasteiger partial charge in [-0.25, -0.2) is 0 Å². The number of nitrogens with one attached hydrogen (secondary N) is 1. The second-order valence-corrected chi connectivity index (χ2v) is 6.78. The van der Waals surface area contributed by atoms with Crippen molar-refractivity contribution in [1.29, 1.82) is 0 Å². The molecule has 3 aromatic rings. The number of benzene rings is 3. The Morgan fingerprint density at radius 2 is 1.00 bits per heavy atom. The van der Waals surface area contributed by atoms with Gasteiger partial charge in [-0.1, -0.05) is 91.0 Å². The molecule has 0 radical (unpaired) electrons. The number of rotatable bonds is 8. The lowest BCUT2D eigenvalue weighted by Gasteiger charge is -2.30. The van der Waals surface area contributed by atoms with Crippen molar-refractivity contribution in [2.24, 2.45) is 5.73 Å². The van der Waals surface area contributed by atoms with E-state index in [4.69, 9.17) is 5.73 Å². The van der Waals surface area contributed by atoms with Gasteiger partial charge in [-0.2, -0.15) is 0 Å². The maximum absolute atomic E-state index is 6.86. The summed E-state index contributed by atoms with van der Waals surface area (Å²) in [4.78, 5) is 0. The molecule has 0 aliphatic heterocycles. The predicted octanol–water partition coefficient (Wildman–Crippen LogP) is 3.96. The minimum atomic E-state index is -0.322. The number of nitrogens with two attached hydrogens (primary N) is 1. The van der Waals surface area contributed by atoms with E-state index in [9.17, 15) is 0 Å². The molecular weight excluding hydrogens is 304 g/mol. The van der Waals surface area contributed by atoms with Crippen LogP contribution in [0, 0.1) is 0 Å². The Morgan fingerprint density at radius 1 is 0.600 bits per heavy atom. The molecule has 0 saturated carbocycles. The Labute approximate surface area is 150 Å². The summed E-state index contributed by atoms with van der Waals surface area (Å²) >= 11 is 0. The number of hydrogen-bond acceptors (Lipinski definition) is 2. The third kappa shape index (κ3) is 5.56. The zero-order chi connectivity index (χ0) is 17.4. The van der Waals surface area contributed by atoms with E-state index >= 15 is 0 Å². The molecule has 0 aliphatic carbocycles. The summed E-state index contributed by atoms with van der Waals surface area (Å²) in [6, 6.07) is 31.5. The smallest absolute Gasteiger partial charge is 0.0362 e. The van der Waals surface area contributed by atoms with Crippen molar-refractivity contribution < 1.29 is 0 Å². The van der Waals surface area contributed by atoms with Gasteiger partial charge in [-0.15, -0.1) is 0 Å². The van der Waals surface area contributed by atoms with Crippen LogP contribution in [0.15, 0.2) is 91.0 Å². The van der Waals surface area contributed by atoms with Crippen molar-refractivity contribution in [3.05, 3.63) is 108 Å². The Kier molecular flexibility index (Phi) is 5.99. The van der Waals surface area contributed by atoms with Crippen molar-refractivity contribution >= 4 is 0 Å². The summed E-state index contributed by atoms with van der Waals surface area (Å²) in [6.07, 6.45) is 1.70. The monoisotopic (exact) mass is 330 g/mol. The first-order chi connectivity index (χ1) is 12.2. The Bertz CT molecular complexity index is 697. The highest BCUT2D eigenvalue weighted by molar-refractivity contribution is 5.23. The van der Waals surface area contributed by atoms with Crippen LogP contribution in [0.4, 0.5) is 0 Å². The van der Waals surface area contributed by atoms with Crippen LogP contribution in [0.3, 0.4) is 0 Å². The Hall–Kier alpha value is -2.42. The van der Waals surface area contributed by atoms with Crippen LogP contribution in [0.25, 0.3) is 0 Å². The van der Waals surface area contributed by atoms with Crippen molar-refractivity contribution in [3.63, 3.8) is 0 Å². The lowest BCUT2D eigenvalue weighted by molar-refractivity contribution is 0.387. The molecule has 3 aromatic carbocycles. The highest BCUT2D eigenvalue weighted by atomic mass is 14.9. The first-order valence-electron chi connectivity index (χ1n) is 8.85. The highest BCUT2D eigenvalue weighted by Gasteiger charge is 2.25. The molecular formula is C23H26N2. The average Bonchev–Trinajstić information content (AvgIpc) is 2.64. The van der Waals surface area contributed by atoms with Gasteiger partial charge in [0.25, 0.3) is 0 Å². The molecule has 0 unspecified atom stereocenters. The van der Waals surface area contributed by atoms with Crippen molar-refractivity contribution in [3.8, 4) is 0 Å². The minimum absolute atomic E-state index is 0.322. The maximum atomic E-state index is 6.86. The number of hydrogen-bond donors (Lipinski definition) is 2. The SMILES string of the molecule is NC(CNCc1ccccc1)(Cc1ccccc1)Cc1ccccc1. The maximum Gasteiger partial charge on any atom is 0.0362 e. The third-order valence-corrected chi connectivity index (χ3v) is 4.45. The predicted molar refractivity (Wildman–Crippen MR) is 105 cm³/mol. The normalized spacial score (nSPS) is 11.4. The summed E-state index contributed by atoms with van der Waals surface area (Å²) in [5, 5.41) is 3.56. The average molecular weight is 330 g/mol. The fraction of sp³-hybridized carbons (Fsp3) is 0.217. The minimum Gasteiger partial charge on any atom is -0.323 e. The molecule has 0 atom stereocenters. The van der Waals surface area contributed by atoms with Crippen LogP contribution >= 0.6 is 0 Å². The summed E-state index contributed by atoms with van der Waals surface area (Å²) in [7, 11) is 0. The molecule has 0 bridgehead atoms. The van der Waals surface area contributed by atoms with Crippen molar-refractivity contribution in [2.45, 2.75) is 24.9 Å². The first-order valence-corrected chi connectivity index (χ1v) is 8.85. The largest absolute Gasteiger partial charge is 0.323 e. The van der Waals surface area contributed by atoms with E-state index in [1.54, 1.807) is 0 Å². The van der Waals surface area contributed by atoms with Gasteiger partial charge in [0, 0.05) is 18.6 Å². The summed E-state index contributed by atoms with van der Waals surface area (Å²) in [6.45, 7) is 1.61. The first kappa shape index (κ1) is 17.4. The van der Waals surface area contributed by atoms with Gasteiger partial charge in [0.05, 0.1) is 0 Å². The van der Waals surface area contributed by atoms with E-state index < -0.39 is 0 Å². The van der Waals surface area contributed by atoms with Crippen LogP contribution in [-0.2, 0) is 19.4 Å². The highest BCUT2D eigenvalue weighted by Crippen LogP contribution is 2.17. The molecule has 0 spiro atoms. The lowest BCUT2D eigenvalue weighted by atomic mass is 9.85. The van der Waals surface area contributed by atoms with Gasteiger partial charge in [0.1, 0.15) is 0 Å². The van der Waals surface area contributed by atoms with Crippen LogP contribution in [0.5, 0.6) is 0 Å². The Balaban J connectivity index is 1.69. The van der Waals surface area contributed by atoms with E-state index in [-0.39, 0.29) is 5.54 Å². The quantitative estimate of drug-likeness (QED) is 0.656. The molecule has 2 nitrogen and oxygen atoms in total. The van der Waals surface area contributed by atoms with Gasteiger partial charge in [0.15, 0.2) is 0 Å². The van der Waals surface area contributed by atoms with Crippen LogP contribution in [0.2, 0.25) is 0 Å². The fourth-order valence-electron chi connectivity index (χ4n) is 3.24. The molecule has 128 valence electrons. The van der Waals surface area contributed by atoms with E-state index in [1.165, 1.54) is 16.7 Å². The zero-order valence-corrected chi connectivity index (χ0v) is 14.6. The Morgan fingerprint density at radius 3 is 1.44 bits per heavy atom. The molecule has 0 fully saturated rings. The van der Waals surface area contributed by atoms with E-state index in [0.29, 0.717) is 0 Å². The molecule has 0 aromatic heterocycles. The van der Waals surface area contributed by atoms with E-state index in [2.05, 4.69) is 78.1 Å².